The lowest BCUT2D eigenvalue weighted by Gasteiger charge is -2.22. The molecule has 104 valence electrons. The van der Waals surface area contributed by atoms with E-state index >= 15 is 0 Å². The Hall–Kier alpha value is -0.820. The predicted molar refractivity (Wildman–Crippen MR) is 71.0 cm³/mol. The summed E-state index contributed by atoms with van der Waals surface area (Å²) in [4.78, 5) is 10.9. The molecule has 1 saturated heterocycles. The molecule has 1 atom stereocenters. The molecule has 0 saturated carbocycles. The van der Waals surface area contributed by atoms with Gasteiger partial charge in [0.1, 0.15) is 10.9 Å². The Bertz CT molecular complexity index is 597. The van der Waals surface area contributed by atoms with E-state index in [1.54, 1.807) is 0 Å². The highest BCUT2D eigenvalue weighted by molar-refractivity contribution is 7.89. The first kappa shape index (κ1) is 14.6. The minimum absolute atomic E-state index is 0.0106. The highest BCUT2D eigenvalue weighted by Crippen LogP contribution is 2.34. The van der Waals surface area contributed by atoms with E-state index in [9.17, 15) is 13.2 Å². The van der Waals surface area contributed by atoms with E-state index in [1.807, 2.05) is 0 Å². The number of hydrogen-bond acceptors (Lipinski definition) is 3. The van der Waals surface area contributed by atoms with Gasteiger partial charge in [-0.2, -0.15) is 4.31 Å². The van der Waals surface area contributed by atoms with E-state index in [0.717, 1.165) is 4.31 Å². The normalized spacial score (nSPS) is 20.6. The molecule has 1 aromatic rings. The Morgan fingerprint density at radius 1 is 1.32 bits per heavy atom. The second-order valence-electron chi connectivity index (χ2n) is 4.16. The van der Waals surface area contributed by atoms with Crippen molar-refractivity contribution in [1.29, 1.82) is 0 Å². The Morgan fingerprint density at radius 3 is 2.42 bits per heavy atom. The zero-order chi connectivity index (χ0) is 14.2. The molecule has 1 aromatic carbocycles. The molecule has 0 bridgehead atoms. The quantitative estimate of drug-likeness (QED) is 0.925. The van der Waals surface area contributed by atoms with Gasteiger partial charge in [0.25, 0.3) is 0 Å². The van der Waals surface area contributed by atoms with Crippen LogP contribution >= 0.6 is 23.2 Å². The highest BCUT2D eigenvalue weighted by Gasteiger charge is 2.41. The number of benzene rings is 1. The lowest BCUT2D eigenvalue weighted by molar-refractivity contribution is -0.140. The highest BCUT2D eigenvalue weighted by atomic mass is 35.5. The first-order chi connectivity index (χ1) is 8.85. The van der Waals surface area contributed by atoms with Crippen molar-refractivity contribution in [3.05, 3.63) is 28.2 Å². The fraction of sp³-hybridized carbons (Fsp3) is 0.364. The number of sulfonamides is 1. The zero-order valence-corrected chi connectivity index (χ0v) is 12.0. The molecule has 0 unspecified atom stereocenters. The maximum atomic E-state index is 12.5. The minimum Gasteiger partial charge on any atom is -0.480 e. The van der Waals surface area contributed by atoms with Crippen LogP contribution in [-0.4, -0.2) is 36.4 Å². The standard InChI is InChI=1S/C11H11Cl2NO4S/c12-7-3-1-4-8(13)10(7)19(17,18)14-6-2-5-9(14)11(15)16/h1,3-4,9H,2,5-6H2,(H,15,16)/t9-/m1/s1. The summed E-state index contributed by atoms with van der Waals surface area (Å²) in [6, 6.07) is 3.29. The number of rotatable bonds is 3. The summed E-state index contributed by atoms with van der Waals surface area (Å²) >= 11 is 11.8. The van der Waals surface area contributed by atoms with Crippen LogP contribution in [0.5, 0.6) is 0 Å². The van der Waals surface area contributed by atoms with E-state index in [-0.39, 0.29) is 27.9 Å². The second-order valence-corrected chi connectivity index (χ2v) is 6.80. The van der Waals surface area contributed by atoms with Crippen molar-refractivity contribution in [2.24, 2.45) is 0 Å². The summed E-state index contributed by atoms with van der Waals surface area (Å²) < 4.78 is 25.9. The first-order valence-corrected chi connectivity index (χ1v) is 7.74. The van der Waals surface area contributed by atoms with Gasteiger partial charge >= 0.3 is 5.97 Å². The van der Waals surface area contributed by atoms with Crippen molar-refractivity contribution < 1.29 is 18.3 Å². The van der Waals surface area contributed by atoms with Crippen LogP contribution in [0.4, 0.5) is 0 Å². The molecule has 19 heavy (non-hydrogen) atoms. The third-order valence-corrected chi connectivity index (χ3v) is 5.84. The van der Waals surface area contributed by atoms with Crippen LogP contribution in [0.1, 0.15) is 12.8 Å². The van der Waals surface area contributed by atoms with Gasteiger partial charge in [0.15, 0.2) is 0 Å². The number of carboxylic acid groups (broad SMARTS) is 1. The van der Waals surface area contributed by atoms with Crippen molar-refractivity contribution in [2.45, 2.75) is 23.8 Å². The van der Waals surface area contributed by atoms with Gasteiger partial charge in [-0.15, -0.1) is 0 Å². The zero-order valence-electron chi connectivity index (χ0n) is 9.71. The molecular formula is C11H11Cl2NO4S. The lowest BCUT2D eigenvalue weighted by Crippen LogP contribution is -2.40. The summed E-state index contributed by atoms with van der Waals surface area (Å²) in [5.74, 6) is -1.16. The smallest absolute Gasteiger partial charge is 0.322 e. The van der Waals surface area contributed by atoms with Gasteiger partial charge < -0.3 is 5.11 Å². The molecule has 1 N–H and O–H groups in total. The molecule has 1 aliphatic heterocycles. The molecule has 0 amide bonds. The average molecular weight is 324 g/mol. The Kier molecular flexibility index (Phi) is 4.06. The molecule has 0 radical (unpaired) electrons. The van der Waals surface area contributed by atoms with Gasteiger partial charge in [-0.25, -0.2) is 8.42 Å². The third kappa shape index (κ3) is 2.58. The van der Waals surface area contributed by atoms with Gasteiger partial charge in [0.05, 0.1) is 10.0 Å². The number of carbonyl (C=O) groups is 1. The molecule has 1 fully saturated rings. The van der Waals surface area contributed by atoms with Gasteiger partial charge in [0.2, 0.25) is 10.0 Å². The topological polar surface area (TPSA) is 74.7 Å². The molecule has 1 aliphatic rings. The van der Waals surface area contributed by atoms with Crippen LogP contribution in [0.3, 0.4) is 0 Å². The Morgan fingerprint density at radius 2 is 1.89 bits per heavy atom. The average Bonchev–Trinajstić information content (AvgIpc) is 2.77. The second kappa shape index (κ2) is 5.28. The monoisotopic (exact) mass is 323 g/mol. The number of hydrogen-bond donors (Lipinski definition) is 1. The van der Waals surface area contributed by atoms with Crippen molar-refractivity contribution >= 4 is 39.2 Å². The first-order valence-electron chi connectivity index (χ1n) is 5.54. The number of halogens is 2. The summed E-state index contributed by atoms with van der Waals surface area (Å²) in [7, 11) is -4.01. The van der Waals surface area contributed by atoms with Crippen molar-refractivity contribution in [2.75, 3.05) is 6.54 Å². The lowest BCUT2D eigenvalue weighted by atomic mass is 10.2. The fourth-order valence-corrected chi connectivity index (χ4v) is 4.87. The van der Waals surface area contributed by atoms with Crippen LogP contribution in [0.25, 0.3) is 0 Å². The van der Waals surface area contributed by atoms with Crippen LogP contribution in [0.15, 0.2) is 23.1 Å². The van der Waals surface area contributed by atoms with E-state index in [2.05, 4.69) is 0 Å². The van der Waals surface area contributed by atoms with Gasteiger partial charge in [0, 0.05) is 6.54 Å². The summed E-state index contributed by atoms with van der Waals surface area (Å²) in [5, 5.41) is 9.04. The van der Waals surface area contributed by atoms with Gasteiger partial charge in [-0.1, -0.05) is 29.3 Å². The summed E-state index contributed by atoms with van der Waals surface area (Å²) in [6.45, 7) is 0.154. The number of nitrogens with zero attached hydrogens (tertiary/aromatic N) is 1. The van der Waals surface area contributed by atoms with Gasteiger partial charge in [-0.05, 0) is 25.0 Å². The molecule has 1 heterocycles. The maximum Gasteiger partial charge on any atom is 0.322 e. The molecule has 0 spiro atoms. The van der Waals surface area contributed by atoms with Crippen LogP contribution < -0.4 is 0 Å². The molecule has 0 aromatic heterocycles. The summed E-state index contributed by atoms with van der Waals surface area (Å²) in [6.07, 6.45) is 0.787. The van der Waals surface area contributed by atoms with Crippen molar-refractivity contribution in [3.63, 3.8) is 0 Å². The van der Waals surface area contributed by atoms with Crippen molar-refractivity contribution in [1.82, 2.24) is 4.31 Å². The number of carboxylic acids is 1. The molecule has 5 nitrogen and oxygen atoms in total. The fourth-order valence-electron chi connectivity index (χ4n) is 2.12. The van der Waals surface area contributed by atoms with E-state index in [0.29, 0.717) is 6.42 Å². The molecule has 0 aliphatic carbocycles. The van der Waals surface area contributed by atoms with Crippen LogP contribution in [-0.2, 0) is 14.8 Å². The molecule has 8 heteroatoms. The predicted octanol–water partition coefficient (Wildman–Crippen LogP) is 2.23. The van der Waals surface area contributed by atoms with Crippen molar-refractivity contribution in [3.8, 4) is 0 Å². The van der Waals surface area contributed by atoms with E-state index in [4.69, 9.17) is 28.3 Å². The number of aliphatic carboxylic acids is 1. The molecule has 2 rings (SSSR count). The van der Waals surface area contributed by atoms with E-state index in [1.165, 1.54) is 18.2 Å². The van der Waals surface area contributed by atoms with E-state index < -0.39 is 22.0 Å². The molecular weight excluding hydrogens is 313 g/mol. The van der Waals surface area contributed by atoms with Gasteiger partial charge in [-0.3, -0.25) is 4.79 Å². The largest absolute Gasteiger partial charge is 0.480 e. The minimum atomic E-state index is -4.01. The van der Waals surface area contributed by atoms with Crippen LogP contribution in [0.2, 0.25) is 10.0 Å². The maximum absolute atomic E-state index is 12.5. The SMILES string of the molecule is O=C(O)[C@H]1CCCN1S(=O)(=O)c1c(Cl)cccc1Cl. The summed E-state index contributed by atoms with van der Waals surface area (Å²) in [5.41, 5.74) is 0. The Balaban J connectivity index is 2.51. The van der Waals surface area contributed by atoms with Crippen LogP contribution in [0, 0.1) is 0 Å². The third-order valence-electron chi connectivity index (χ3n) is 2.97. The Labute approximate surface area is 120 Å².